The highest BCUT2D eigenvalue weighted by atomic mass is 16.6. The lowest BCUT2D eigenvalue weighted by molar-refractivity contribution is -0.144. The van der Waals surface area contributed by atoms with Crippen LogP contribution < -0.4 is 10.6 Å². The van der Waals surface area contributed by atoms with Crippen LogP contribution in [0.2, 0.25) is 0 Å². The van der Waals surface area contributed by atoms with Crippen molar-refractivity contribution in [1.82, 2.24) is 15.5 Å². The third-order valence-corrected chi connectivity index (χ3v) is 6.20. The molecule has 2 unspecified atom stereocenters. The molecule has 2 atom stereocenters. The van der Waals surface area contributed by atoms with Crippen molar-refractivity contribution in [2.75, 3.05) is 20.2 Å². The van der Waals surface area contributed by atoms with Crippen molar-refractivity contribution in [2.45, 2.75) is 78.0 Å². The molecule has 0 aliphatic carbocycles. The fourth-order valence-corrected chi connectivity index (χ4v) is 4.26. The zero-order valence-electron chi connectivity index (χ0n) is 24.9. The van der Waals surface area contributed by atoms with Gasteiger partial charge in [0, 0.05) is 13.0 Å². The number of unbranched alkanes of at least 4 members (excludes halogenated alkanes) is 2. The van der Waals surface area contributed by atoms with E-state index in [0.29, 0.717) is 17.5 Å². The summed E-state index contributed by atoms with van der Waals surface area (Å²) in [6, 6.07) is 11.4. The highest BCUT2D eigenvalue weighted by Gasteiger charge is 2.36. The zero-order chi connectivity index (χ0) is 30.6. The zero-order valence-corrected chi connectivity index (χ0v) is 24.9. The number of aryl methyl sites for hydroxylation is 1. The summed E-state index contributed by atoms with van der Waals surface area (Å²) in [5.74, 6) is -1.59. The molecule has 0 radical (unpaired) electrons. The number of nitrogens with one attached hydrogen (secondary N) is 2. The van der Waals surface area contributed by atoms with Gasteiger partial charge in [-0.3, -0.25) is 14.4 Å². The normalized spacial score (nSPS) is 12.5. The standard InChI is InChI=1S/C31H43N3O7/c1-7-8-9-17-34(27(23-12-10-11-21(2)18-23)28(37)32-20-26(36)40-6)29(38)25(33-30(39)41-31(3,4)5)19-22-13-15-24(35)16-14-22/h10-16,18,25,27,35H,7-9,17,19-20H2,1-6H3,(H,32,37)(H,33,39). The summed E-state index contributed by atoms with van der Waals surface area (Å²) in [5, 5.41) is 15.0. The first-order valence-electron chi connectivity index (χ1n) is 13.8. The van der Waals surface area contributed by atoms with Crippen molar-refractivity contribution in [2.24, 2.45) is 0 Å². The number of esters is 1. The summed E-state index contributed by atoms with van der Waals surface area (Å²) in [7, 11) is 1.23. The SMILES string of the molecule is CCCCCN(C(=O)C(Cc1ccc(O)cc1)NC(=O)OC(C)(C)C)C(C(=O)NCC(=O)OC)c1cccc(C)c1. The molecule has 3 N–H and O–H groups in total. The molecule has 2 aromatic rings. The number of phenols is 1. The highest BCUT2D eigenvalue weighted by molar-refractivity contribution is 5.93. The number of phenolic OH excluding ortho intramolecular Hbond substituents is 1. The number of rotatable bonds is 13. The van der Waals surface area contributed by atoms with Gasteiger partial charge in [0.15, 0.2) is 0 Å². The van der Waals surface area contributed by atoms with Gasteiger partial charge in [-0.15, -0.1) is 0 Å². The Hall–Kier alpha value is -4.08. The van der Waals surface area contributed by atoms with Crippen molar-refractivity contribution in [3.63, 3.8) is 0 Å². The Bertz CT molecular complexity index is 1170. The monoisotopic (exact) mass is 569 g/mol. The number of ether oxygens (including phenoxy) is 2. The predicted molar refractivity (Wildman–Crippen MR) is 155 cm³/mol. The quantitative estimate of drug-likeness (QED) is 0.243. The summed E-state index contributed by atoms with van der Waals surface area (Å²) in [6.45, 7) is 8.96. The number of aromatic hydroxyl groups is 1. The Morgan fingerprint density at radius 3 is 2.29 bits per heavy atom. The van der Waals surface area contributed by atoms with Crippen molar-refractivity contribution in [3.05, 3.63) is 65.2 Å². The molecule has 0 fully saturated rings. The van der Waals surface area contributed by atoms with Gasteiger partial charge in [0.2, 0.25) is 11.8 Å². The van der Waals surface area contributed by atoms with E-state index in [0.717, 1.165) is 18.4 Å². The van der Waals surface area contributed by atoms with Crippen LogP contribution in [0, 0.1) is 6.92 Å². The van der Waals surface area contributed by atoms with Gasteiger partial charge >= 0.3 is 12.1 Å². The number of amides is 3. The van der Waals surface area contributed by atoms with Crippen LogP contribution in [0.25, 0.3) is 0 Å². The van der Waals surface area contributed by atoms with Crippen LogP contribution in [0.4, 0.5) is 4.79 Å². The van der Waals surface area contributed by atoms with Crippen LogP contribution in [0.3, 0.4) is 0 Å². The van der Waals surface area contributed by atoms with Gasteiger partial charge in [0.25, 0.3) is 0 Å². The van der Waals surface area contributed by atoms with Crippen molar-refractivity contribution >= 4 is 23.9 Å². The Balaban J connectivity index is 2.55. The highest BCUT2D eigenvalue weighted by Crippen LogP contribution is 2.25. The lowest BCUT2D eigenvalue weighted by atomic mass is 9.98. The molecule has 0 bridgehead atoms. The molecule has 2 aromatic carbocycles. The fraction of sp³-hybridized carbons (Fsp3) is 0.484. The molecule has 0 heterocycles. The number of benzene rings is 2. The van der Waals surface area contributed by atoms with E-state index >= 15 is 0 Å². The minimum Gasteiger partial charge on any atom is -0.508 e. The number of carbonyl (C=O) groups is 4. The number of alkyl carbamates (subject to hydrolysis) is 1. The van der Waals surface area contributed by atoms with E-state index in [-0.39, 0.29) is 25.3 Å². The number of methoxy groups -OCH3 is 1. The second kappa shape index (κ2) is 15.6. The summed E-state index contributed by atoms with van der Waals surface area (Å²) in [5.41, 5.74) is 1.35. The van der Waals surface area contributed by atoms with E-state index < -0.39 is 41.6 Å². The largest absolute Gasteiger partial charge is 0.508 e. The first-order chi connectivity index (χ1) is 19.3. The molecular formula is C31H43N3O7. The maximum Gasteiger partial charge on any atom is 0.408 e. The van der Waals surface area contributed by atoms with Gasteiger partial charge in [0.1, 0.15) is 30.0 Å². The van der Waals surface area contributed by atoms with Crippen LogP contribution in [0.15, 0.2) is 48.5 Å². The maximum absolute atomic E-state index is 14.3. The minimum atomic E-state index is -1.09. The van der Waals surface area contributed by atoms with E-state index in [4.69, 9.17) is 4.74 Å². The number of nitrogens with zero attached hydrogens (tertiary/aromatic N) is 1. The van der Waals surface area contributed by atoms with Gasteiger partial charge in [-0.1, -0.05) is 61.7 Å². The van der Waals surface area contributed by atoms with Crippen LogP contribution in [-0.2, 0) is 30.3 Å². The molecule has 0 aliphatic heterocycles. The first kappa shape index (κ1) is 33.1. The van der Waals surface area contributed by atoms with Gasteiger partial charge in [-0.05, 0) is 57.4 Å². The molecule has 0 saturated carbocycles. The Morgan fingerprint density at radius 1 is 1.02 bits per heavy atom. The first-order valence-corrected chi connectivity index (χ1v) is 13.8. The second-order valence-electron chi connectivity index (χ2n) is 10.9. The van der Waals surface area contributed by atoms with Crippen LogP contribution in [0.5, 0.6) is 5.75 Å². The Kier molecular flexibility index (Phi) is 12.6. The smallest absolute Gasteiger partial charge is 0.408 e. The van der Waals surface area contributed by atoms with E-state index in [9.17, 15) is 24.3 Å². The van der Waals surface area contributed by atoms with Gasteiger partial charge in [-0.25, -0.2) is 4.79 Å². The molecular weight excluding hydrogens is 526 g/mol. The van der Waals surface area contributed by atoms with E-state index in [2.05, 4.69) is 15.4 Å². The molecule has 0 saturated heterocycles. The van der Waals surface area contributed by atoms with Crippen molar-refractivity contribution in [1.29, 1.82) is 0 Å². The fourth-order valence-electron chi connectivity index (χ4n) is 4.26. The van der Waals surface area contributed by atoms with E-state index in [1.807, 2.05) is 26.0 Å². The third-order valence-electron chi connectivity index (χ3n) is 6.20. The van der Waals surface area contributed by atoms with Gasteiger partial charge in [-0.2, -0.15) is 0 Å². The Labute approximate surface area is 242 Å². The number of hydrogen-bond acceptors (Lipinski definition) is 7. The lowest BCUT2D eigenvalue weighted by Crippen LogP contribution is -2.54. The minimum absolute atomic E-state index is 0.0692. The second-order valence-corrected chi connectivity index (χ2v) is 10.9. The molecule has 0 aliphatic rings. The molecule has 10 nitrogen and oxygen atoms in total. The molecule has 0 spiro atoms. The molecule has 3 amide bonds. The van der Waals surface area contributed by atoms with Crippen molar-refractivity contribution < 1.29 is 33.8 Å². The molecule has 41 heavy (non-hydrogen) atoms. The van der Waals surface area contributed by atoms with E-state index in [1.165, 1.54) is 24.1 Å². The van der Waals surface area contributed by atoms with Gasteiger partial charge in [0.05, 0.1) is 7.11 Å². The molecule has 224 valence electrons. The summed E-state index contributed by atoms with van der Waals surface area (Å²) >= 11 is 0. The van der Waals surface area contributed by atoms with Crippen LogP contribution in [-0.4, -0.2) is 65.7 Å². The topological polar surface area (TPSA) is 134 Å². The average Bonchev–Trinajstić information content (AvgIpc) is 2.90. The lowest BCUT2D eigenvalue weighted by Gasteiger charge is -2.34. The average molecular weight is 570 g/mol. The predicted octanol–water partition coefficient (Wildman–Crippen LogP) is 4.19. The summed E-state index contributed by atoms with van der Waals surface area (Å²) in [6.07, 6.45) is 1.64. The maximum atomic E-state index is 14.3. The summed E-state index contributed by atoms with van der Waals surface area (Å²) < 4.78 is 10.1. The molecule has 0 aromatic heterocycles. The number of hydrogen-bond donors (Lipinski definition) is 3. The van der Waals surface area contributed by atoms with Gasteiger partial charge < -0.3 is 30.1 Å². The van der Waals surface area contributed by atoms with Crippen LogP contribution in [0.1, 0.15) is 69.7 Å². The Morgan fingerprint density at radius 2 is 1.71 bits per heavy atom. The number of carbonyl (C=O) groups excluding carboxylic acids is 4. The molecule has 2 rings (SSSR count). The summed E-state index contributed by atoms with van der Waals surface area (Å²) in [4.78, 5) is 54.1. The molecule has 10 heteroatoms. The third kappa shape index (κ3) is 11.1. The van der Waals surface area contributed by atoms with E-state index in [1.54, 1.807) is 45.0 Å². The van der Waals surface area contributed by atoms with Crippen molar-refractivity contribution in [3.8, 4) is 5.75 Å². The van der Waals surface area contributed by atoms with Crippen LogP contribution >= 0.6 is 0 Å².